The molecule has 1 atom stereocenters. The van der Waals surface area contributed by atoms with Gasteiger partial charge in [-0.2, -0.15) is 4.98 Å². The number of aryl methyl sites for hydroxylation is 1. The highest BCUT2D eigenvalue weighted by atomic mass is 79.9. The van der Waals surface area contributed by atoms with Crippen molar-refractivity contribution in [2.45, 2.75) is 45.3 Å². The third-order valence-electron chi connectivity index (χ3n) is 5.30. The second-order valence-corrected chi connectivity index (χ2v) is 8.49. The fourth-order valence-corrected chi connectivity index (χ4v) is 4.15. The summed E-state index contributed by atoms with van der Waals surface area (Å²) < 4.78 is 12.3. The van der Waals surface area contributed by atoms with E-state index in [0.29, 0.717) is 11.7 Å². The molecule has 156 valence electrons. The van der Waals surface area contributed by atoms with Crippen molar-refractivity contribution in [3.05, 3.63) is 64.0 Å². The zero-order valence-corrected chi connectivity index (χ0v) is 18.7. The van der Waals surface area contributed by atoms with E-state index in [0.717, 1.165) is 35.0 Å². The topological polar surface area (TPSA) is 68.5 Å². The van der Waals surface area contributed by atoms with E-state index in [9.17, 15) is 4.79 Å². The maximum Gasteiger partial charge on any atom is 0.263 e. The summed E-state index contributed by atoms with van der Waals surface area (Å²) in [6.07, 6.45) is 3.85. The lowest BCUT2D eigenvalue weighted by atomic mass is 9.91. The minimum Gasteiger partial charge on any atom is -0.481 e. The van der Waals surface area contributed by atoms with Crippen molar-refractivity contribution in [1.82, 2.24) is 15.0 Å². The van der Waals surface area contributed by atoms with Crippen LogP contribution in [0.15, 0.2) is 51.5 Å². The van der Waals surface area contributed by atoms with Gasteiger partial charge in [0.05, 0.1) is 6.54 Å². The lowest BCUT2D eigenvalue weighted by molar-refractivity contribution is -0.137. The number of halogens is 1. The molecule has 6 nitrogen and oxygen atoms in total. The summed E-state index contributed by atoms with van der Waals surface area (Å²) >= 11 is 3.44. The molecular formula is C23H24BrN3O3. The number of benzene rings is 2. The van der Waals surface area contributed by atoms with Gasteiger partial charge in [0.15, 0.2) is 6.10 Å². The number of likely N-dealkylation sites (N-methyl/N-ethyl adjacent to an activating group) is 1. The minimum absolute atomic E-state index is 0.134. The first-order valence-electron chi connectivity index (χ1n) is 10.1. The molecule has 30 heavy (non-hydrogen) atoms. The Hall–Kier alpha value is -2.67. The molecule has 0 fully saturated rings. The zero-order valence-electron chi connectivity index (χ0n) is 17.1. The highest BCUT2D eigenvalue weighted by molar-refractivity contribution is 9.10. The maximum absolute atomic E-state index is 12.8. The molecule has 1 amide bonds. The molecule has 7 heteroatoms. The van der Waals surface area contributed by atoms with Crippen LogP contribution < -0.4 is 4.74 Å². The van der Waals surface area contributed by atoms with E-state index in [1.54, 1.807) is 18.9 Å². The van der Waals surface area contributed by atoms with Crippen LogP contribution in [0.3, 0.4) is 0 Å². The number of hydrogen-bond acceptors (Lipinski definition) is 5. The van der Waals surface area contributed by atoms with Crippen LogP contribution in [0.25, 0.3) is 11.4 Å². The molecule has 1 aliphatic carbocycles. The number of aromatic nitrogens is 2. The van der Waals surface area contributed by atoms with Gasteiger partial charge in [-0.1, -0.05) is 45.4 Å². The third kappa shape index (κ3) is 4.56. The van der Waals surface area contributed by atoms with E-state index in [1.165, 1.54) is 17.5 Å². The predicted molar refractivity (Wildman–Crippen MR) is 117 cm³/mol. The van der Waals surface area contributed by atoms with Gasteiger partial charge in [0.2, 0.25) is 11.7 Å². The highest BCUT2D eigenvalue weighted by Gasteiger charge is 2.23. The molecule has 0 radical (unpaired) electrons. The highest BCUT2D eigenvalue weighted by Crippen LogP contribution is 2.30. The molecular weight excluding hydrogens is 446 g/mol. The Labute approximate surface area is 184 Å². The van der Waals surface area contributed by atoms with Gasteiger partial charge in [0.1, 0.15) is 5.75 Å². The van der Waals surface area contributed by atoms with Gasteiger partial charge in [-0.15, -0.1) is 0 Å². The van der Waals surface area contributed by atoms with Gasteiger partial charge in [-0.25, -0.2) is 0 Å². The first kappa shape index (κ1) is 20.6. The Bertz CT molecular complexity index is 1050. The van der Waals surface area contributed by atoms with Crippen molar-refractivity contribution >= 4 is 21.8 Å². The summed E-state index contributed by atoms with van der Waals surface area (Å²) in [5, 5.41) is 4.02. The molecule has 0 bridgehead atoms. The Morgan fingerprint density at radius 1 is 1.23 bits per heavy atom. The molecule has 0 saturated heterocycles. The van der Waals surface area contributed by atoms with Gasteiger partial charge in [-0.3, -0.25) is 4.79 Å². The molecule has 1 aliphatic rings. The molecule has 4 rings (SSSR count). The summed E-state index contributed by atoms with van der Waals surface area (Å²) in [6.45, 7) is 2.00. The zero-order chi connectivity index (χ0) is 21.1. The molecule has 0 spiro atoms. The first-order valence-corrected chi connectivity index (χ1v) is 10.9. The van der Waals surface area contributed by atoms with Gasteiger partial charge in [0.25, 0.3) is 5.91 Å². The van der Waals surface area contributed by atoms with Crippen molar-refractivity contribution in [2.24, 2.45) is 0 Å². The standard InChI is InChI=1S/C23H24BrN3O3/c1-15(29-20-12-6-8-16-7-3-4-11-19(16)20)23(28)27(2)14-21-25-22(26-30-21)17-9-5-10-18(24)13-17/h5-6,8-10,12-13,15H,3-4,7,11,14H2,1-2H3/t15-/m0/s1. The number of amides is 1. The first-order chi connectivity index (χ1) is 14.5. The van der Waals surface area contributed by atoms with Crippen molar-refractivity contribution in [3.8, 4) is 17.1 Å². The van der Waals surface area contributed by atoms with Crippen molar-refractivity contribution in [3.63, 3.8) is 0 Å². The maximum atomic E-state index is 12.8. The van der Waals surface area contributed by atoms with E-state index in [4.69, 9.17) is 9.26 Å². The van der Waals surface area contributed by atoms with E-state index in [-0.39, 0.29) is 12.5 Å². The number of rotatable bonds is 6. The quantitative estimate of drug-likeness (QED) is 0.518. The second kappa shape index (κ2) is 9.00. The van der Waals surface area contributed by atoms with Crippen molar-refractivity contribution in [1.29, 1.82) is 0 Å². The Morgan fingerprint density at radius 2 is 2.03 bits per heavy atom. The van der Waals surface area contributed by atoms with E-state index in [1.807, 2.05) is 36.4 Å². The number of fused-ring (bicyclic) bond motifs is 1. The van der Waals surface area contributed by atoms with Crippen LogP contribution in [-0.4, -0.2) is 34.1 Å². The molecule has 1 aromatic heterocycles. The van der Waals surface area contributed by atoms with Crippen LogP contribution in [0.1, 0.15) is 36.8 Å². The molecule has 1 heterocycles. The monoisotopic (exact) mass is 469 g/mol. The number of carbonyl (C=O) groups is 1. The summed E-state index contributed by atoms with van der Waals surface area (Å²) in [5.41, 5.74) is 3.42. The number of hydrogen-bond donors (Lipinski definition) is 0. The van der Waals surface area contributed by atoms with Crippen LogP contribution in [0.4, 0.5) is 0 Å². The fourth-order valence-electron chi connectivity index (χ4n) is 3.75. The van der Waals surface area contributed by atoms with Gasteiger partial charge in [-0.05, 0) is 61.9 Å². The summed E-state index contributed by atoms with van der Waals surface area (Å²) in [5.74, 6) is 1.55. The minimum atomic E-state index is -0.601. The van der Waals surface area contributed by atoms with Crippen molar-refractivity contribution in [2.75, 3.05) is 7.05 Å². The van der Waals surface area contributed by atoms with E-state index in [2.05, 4.69) is 32.1 Å². The van der Waals surface area contributed by atoms with Crippen LogP contribution in [0.5, 0.6) is 5.75 Å². The lowest BCUT2D eigenvalue weighted by Gasteiger charge is -2.24. The fraction of sp³-hybridized carbons (Fsp3) is 0.348. The summed E-state index contributed by atoms with van der Waals surface area (Å²) in [7, 11) is 1.71. The smallest absolute Gasteiger partial charge is 0.263 e. The average molecular weight is 470 g/mol. The largest absolute Gasteiger partial charge is 0.481 e. The SMILES string of the molecule is C[C@H](Oc1cccc2c1CCCC2)C(=O)N(C)Cc1nc(-c2cccc(Br)c2)no1. The third-order valence-corrected chi connectivity index (χ3v) is 5.80. The van der Waals surface area contributed by atoms with Crippen LogP contribution in [-0.2, 0) is 24.2 Å². The molecule has 2 aromatic carbocycles. The van der Waals surface area contributed by atoms with Crippen molar-refractivity contribution < 1.29 is 14.1 Å². The second-order valence-electron chi connectivity index (χ2n) is 7.58. The normalized spacial score (nSPS) is 14.1. The molecule has 0 unspecified atom stereocenters. The summed E-state index contributed by atoms with van der Waals surface area (Å²) in [4.78, 5) is 18.8. The van der Waals surface area contributed by atoms with Gasteiger partial charge >= 0.3 is 0 Å². The van der Waals surface area contributed by atoms with Gasteiger partial charge in [0, 0.05) is 17.1 Å². The summed E-state index contributed by atoms with van der Waals surface area (Å²) in [6, 6.07) is 13.8. The van der Waals surface area contributed by atoms with Crippen LogP contribution in [0.2, 0.25) is 0 Å². The van der Waals surface area contributed by atoms with Gasteiger partial charge < -0.3 is 14.2 Å². The van der Waals surface area contributed by atoms with E-state index < -0.39 is 6.10 Å². The lowest BCUT2D eigenvalue weighted by Crippen LogP contribution is -2.37. The van der Waals surface area contributed by atoms with E-state index >= 15 is 0 Å². The van der Waals surface area contributed by atoms with Crippen LogP contribution >= 0.6 is 15.9 Å². The number of nitrogens with zero attached hydrogens (tertiary/aromatic N) is 3. The Kier molecular flexibility index (Phi) is 6.18. The van der Waals surface area contributed by atoms with Crippen LogP contribution in [0, 0.1) is 0 Å². The Balaban J connectivity index is 1.40. The average Bonchev–Trinajstić information content (AvgIpc) is 3.22. The molecule has 3 aromatic rings. The number of carbonyl (C=O) groups excluding carboxylic acids is 1. The molecule has 0 N–H and O–H groups in total. The molecule has 0 saturated carbocycles. The Morgan fingerprint density at radius 3 is 2.87 bits per heavy atom. The number of ether oxygens (including phenoxy) is 1. The predicted octanol–water partition coefficient (Wildman–Crippen LogP) is 4.80. The molecule has 0 aliphatic heterocycles.